The maximum absolute atomic E-state index is 8.44. The van der Waals surface area contributed by atoms with Gasteiger partial charge in [-0.1, -0.05) is 32.0 Å². The van der Waals surface area contributed by atoms with Gasteiger partial charge < -0.3 is 4.74 Å². The van der Waals surface area contributed by atoms with Crippen molar-refractivity contribution in [2.75, 3.05) is 6.61 Å². The minimum Gasteiger partial charge on any atom is -0.492 e. The average molecular weight is 203 g/mol. The maximum Gasteiger partial charge on any atom is 0.122 e. The molecule has 0 N–H and O–H groups in total. The second kappa shape index (κ2) is 6.08. The highest BCUT2D eigenvalue weighted by molar-refractivity contribution is 5.35. The molecule has 0 amide bonds. The number of para-hydroxylation sites is 1. The number of benzene rings is 1. The highest BCUT2D eigenvalue weighted by Gasteiger charge is 2.08. The lowest BCUT2D eigenvalue weighted by molar-refractivity contribution is 0.321. The Hall–Kier alpha value is -1.49. The monoisotopic (exact) mass is 203 g/mol. The molecule has 1 rings (SSSR count). The molecule has 0 fully saturated rings. The van der Waals surface area contributed by atoms with Gasteiger partial charge >= 0.3 is 0 Å². The van der Waals surface area contributed by atoms with E-state index >= 15 is 0 Å². The Bertz CT molecular complexity index is 341. The van der Waals surface area contributed by atoms with Crippen LogP contribution in [-0.4, -0.2) is 6.61 Å². The molecule has 0 unspecified atom stereocenters. The number of hydrogen-bond acceptors (Lipinski definition) is 2. The molecular weight excluding hydrogens is 186 g/mol. The summed E-state index contributed by atoms with van der Waals surface area (Å²) in [4.78, 5) is 0. The fourth-order valence-corrected chi connectivity index (χ4v) is 1.45. The lowest BCUT2D eigenvalue weighted by Gasteiger charge is -2.14. The molecule has 0 spiro atoms. The van der Waals surface area contributed by atoms with Crippen molar-refractivity contribution < 1.29 is 4.74 Å². The number of rotatable bonds is 5. The van der Waals surface area contributed by atoms with Gasteiger partial charge in [0.15, 0.2) is 0 Å². The Kier molecular flexibility index (Phi) is 4.70. The lowest BCUT2D eigenvalue weighted by Crippen LogP contribution is -2.01. The van der Waals surface area contributed by atoms with E-state index in [0.29, 0.717) is 18.9 Å². The molecule has 0 aliphatic heterocycles. The molecule has 2 nitrogen and oxygen atoms in total. The van der Waals surface area contributed by atoms with Crippen molar-refractivity contribution in [2.24, 2.45) is 0 Å². The van der Waals surface area contributed by atoms with E-state index in [4.69, 9.17) is 10.00 Å². The summed E-state index contributed by atoms with van der Waals surface area (Å²) >= 11 is 0. The predicted molar refractivity (Wildman–Crippen MR) is 60.9 cm³/mol. The van der Waals surface area contributed by atoms with Crippen LogP contribution in [-0.2, 0) is 0 Å². The molecule has 15 heavy (non-hydrogen) atoms. The van der Waals surface area contributed by atoms with Crippen molar-refractivity contribution in [1.29, 1.82) is 5.26 Å². The van der Waals surface area contributed by atoms with Crippen LogP contribution in [0.4, 0.5) is 0 Å². The zero-order valence-corrected chi connectivity index (χ0v) is 9.36. The molecule has 0 heterocycles. The number of hydrogen-bond donors (Lipinski definition) is 0. The van der Waals surface area contributed by atoms with Crippen molar-refractivity contribution in [1.82, 2.24) is 0 Å². The second-order valence-corrected chi connectivity index (χ2v) is 3.60. The predicted octanol–water partition coefficient (Wildman–Crippen LogP) is 3.49. The quantitative estimate of drug-likeness (QED) is 0.686. The van der Waals surface area contributed by atoms with E-state index < -0.39 is 0 Å². The van der Waals surface area contributed by atoms with Gasteiger partial charge in [-0.15, -0.1) is 0 Å². The fourth-order valence-electron chi connectivity index (χ4n) is 1.45. The molecule has 0 bridgehead atoms. The Balaban J connectivity index is 2.73. The summed E-state index contributed by atoms with van der Waals surface area (Å²) in [7, 11) is 0. The van der Waals surface area contributed by atoms with Crippen molar-refractivity contribution in [3.8, 4) is 11.8 Å². The van der Waals surface area contributed by atoms with Crippen LogP contribution in [0.25, 0.3) is 0 Å². The summed E-state index contributed by atoms with van der Waals surface area (Å²) in [6.07, 6.45) is 1.54. The smallest absolute Gasteiger partial charge is 0.122 e. The molecule has 80 valence electrons. The summed E-state index contributed by atoms with van der Waals surface area (Å²) in [5.74, 6) is 1.42. The zero-order chi connectivity index (χ0) is 11.1. The molecule has 1 aromatic carbocycles. The highest BCUT2D eigenvalue weighted by atomic mass is 16.5. The van der Waals surface area contributed by atoms with Crippen molar-refractivity contribution in [3.63, 3.8) is 0 Å². The highest BCUT2D eigenvalue weighted by Crippen LogP contribution is 2.28. The van der Waals surface area contributed by atoms with Gasteiger partial charge in [0.05, 0.1) is 12.5 Å². The van der Waals surface area contributed by atoms with Crippen LogP contribution in [0.3, 0.4) is 0 Å². The van der Waals surface area contributed by atoms with E-state index in [0.717, 1.165) is 12.2 Å². The molecule has 0 saturated heterocycles. The molecule has 1 atom stereocenters. The molecule has 1 aromatic rings. The van der Waals surface area contributed by atoms with Gasteiger partial charge in [0.2, 0.25) is 0 Å². The van der Waals surface area contributed by atoms with Crippen LogP contribution in [0.1, 0.15) is 38.2 Å². The Morgan fingerprint density at radius 2 is 2.13 bits per heavy atom. The van der Waals surface area contributed by atoms with Gasteiger partial charge in [0.1, 0.15) is 12.4 Å². The standard InChI is InChI=1S/C13H17NO/c1-3-11(2)12-7-4-5-8-13(12)15-10-6-9-14/h4-5,7-8,11H,3,6,10H2,1-2H3/t11-/m0/s1. The molecular formula is C13H17NO. The third kappa shape index (κ3) is 3.28. The molecule has 0 aliphatic carbocycles. The first-order valence-electron chi connectivity index (χ1n) is 5.38. The maximum atomic E-state index is 8.44. The normalized spacial score (nSPS) is 11.8. The fraction of sp³-hybridized carbons (Fsp3) is 0.462. The van der Waals surface area contributed by atoms with Crippen molar-refractivity contribution >= 4 is 0 Å². The van der Waals surface area contributed by atoms with Crippen molar-refractivity contribution in [3.05, 3.63) is 29.8 Å². The topological polar surface area (TPSA) is 33.0 Å². The van der Waals surface area contributed by atoms with E-state index in [-0.39, 0.29) is 0 Å². The summed E-state index contributed by atoms with van der Waals surface area (Å²) in [5.41, 5.74) is 1.23. The summed E-state index contributed by atoms with van der Waals surface area (Å²) < 4.78 is 5.58. The van der Waals surface area contributed by atoms with Gasteiger partial charge in [-0.05, 0) is 24.0 Å². The number of nitrogens with zero attached hydrogens (tertiary/aromatic N) is 1. The Morgan fingerprint density at radius 1 is 1.40 bits per heavy atom. The van der Waals surface area contributed by atoms with E-state index in [9.17, 15) is 0 Å². The zero-order valence-electron chi connectivity index (χ0n) is 9.36. The first-order chi connectivity index (χ1) is 7.29. The van der Waals surface area contributed by atoms with E-state index in [1.54, 1.807) is 0 Å². The third-order valence-corrected chi connectivity index (χ3v) is 2.53. The molecule has 0 radical (unpaired) electrons. The Morgan fingerprint density at radius 3 is 2.80 bits per heavy atom. The first-order valence-corrected chi connectivity index (χ1v) is 5.38. The minimum absolute atomic E-state index is 0.439. The number of ether oxygens (including phenoxy) is 1. The molecule has 2 heteroatoms. The van der Waals surface area contributed by atoms with Crippen LogP contribution in [0.5, 0.6) is 5.75 Å². The minimum atomic E-state index is 0.439. The van der Waals surface area contributed by atoms with Crippen LogP contribution in [0.2, 0.25) is 0 Å². The summed E-state index contributed by atoms with van der Waals surface area (Å²) in [6.45, 7) is 4.83. The third-order valence-electron chi connectivity index (χ3n) is 2.53. The van der Waals surface area contributed by atoms with Crippen LogP contribution >= 0.6 is 0 Å². The van der Waals surface area contributed by atoms with Gasteiger partial charge in [-0.2, -0.15) is 5.26 Å². The Labute approximate surface area is 91.5 Å². The SMILES string of the molecule is CC[C@H](C)c1ccccc1OCCC#N. The second-order valence-electron chi connectivity index (χ2n) is 3.60. The van der Waals surface area contributed by atoms with Crippen molar-refractivity contribution in [2.45, 2.75) is 32.6 Å². The van der Waals surface area contributed by atoms with Crippen LogP contribution in [0.15, 0.2) is 24.3 Å². The first kappa shape index (κ1) is 11.6. The van der Waals surface area contributed by atoms with Gasteiger partial charge in [0, 0.05) is 0 Å². The lowest BCUT2D eigenvalue weighted by atomic mass is 9.98. The van der Waals surface area contributed by atoms with Gasteiger partial charge in [-0.25, -0.2) is 0 Å². The van der Waals surface area contributed by atoms with Gasteiger partial charge in [0.25, 0.3) is 0 Å². The molecule has 0 saturated carbocycles. The molecule has 0 aromatic heterocycles. The van der Waals surface area contributed by atoms with E-state index in [2.05, 4.69) is 26.0 Å². The largest absolute Gasteiger partial charge is 0.492 e. The average Bonchev–Trinajstić information content (AvgIpc) is 2.29. The van der Waals surface area contributed by atoms with E-state index in [1.807, 2.05) is 18.2 Å². The molecule has 0 aliphatic rings. The van der Waals surface area contributed by atoms with Crippen LogP contribution in [0, 0.1) is 11.3 Å². The van der Waals surface area contributed by atoms with Gasteiger partial charge in [-0.3, -0.25) is 0 Å². The summed E-state index contributed by atoms with van der Waals surface area (Å²) in [6, 6.07) is 10.1. The van der Waals surface area contributed by atoms with E-state index in [1.165, 1.54) is 5.56 Å². The number of nitriles is 1. The summed E-state index contributed by atoms with van der Waals surface area (Å²) in [5, 5.41) is 8.44. The van der Waals surface area contributed by atoms with Crippen LogP contribution < -0.4 is 4.74 Å².